The van der Waals surface area contributed by atoms with Crippen LogP contribution in [-0.2, 0) is 23.1 Å². The summed E-state index contributed by atoms with van der Waals surface area (Å²) in [4.78, 5) is 23.8. The summed E-state index contributed by atoms with van der Waals surface area (Å²) in [6.07, 6.45) is 0.447. The minimum atomic E-state index is -4.61. The highest BCUT2D eigenvalue weighted by molar-refractivity contribution is 7.98. The first-order valence-electron chi connectivity index (χ1n) is 11.3. The van der Waals surface area contributed by atoms with Crippen molar-refractivity contribution in [2.75, 3.05) is 7.11 Å². The first-order chi connectivity index (χ1) is 17.6. The molecule has 12 heteroatoms. The number of benzene rings is 1. The number of carboxylic acid groups (broad SMARTS) is 1. The highest BCUT2D eigenvalue weighted by Crippen LogP contribution is 2.43. The fraction of sp³-hybridized carbons (Fsp3) is 0.280. The van der Waals surface area contributed by atoms with E-state index in [9.17, 15) is 22.4 Å². The second-order valence-electron chi connectivity index (χ2n) is 8.60. The molecule has 5 rings (SSSR count). The van der Waals surface area contributed by atoms with E-state index in [2.05, 4.69) is 15.0 Å². The number of rotatable bonds is 8. The zero-order chi connectivity index (χ0) is 26.3. The van der Waals surface area contributed by atoms with Gasteiger partial charge in [0.05, 0.1) is 25.2 Å². The monoisotopic (exact) mass is 532 g/mol. The molecule has 1 aromatic carbocycles. The molecule has 4 aromatic rings. The molecule has 0 unspecified atom stereocenters. The summed E-state index contributed by atoms with van der Waals surface area (Å²) in [5.74, 6) is -1.51. The second-order valence-corrected chi connectivity index (χ2v) is 9.55. The SMILES string of the molecule is COc1nc(C(F)(F)F)ccc1-c1cn(C2CC2)c2cnc(SCc3ccc(F)c(CC(=O)O)c3)nc12. The number of carboxylic acids is 1. The zero-order valence-electron chi connectivity index (χ0n) is 19.4. The fourth-order valence-electron chi connectivity index (χ4n) is 4.06. The second kappa shape index (κ2) is 9.66. The lowest BCUT2D eigenvalue weighted by Gasteiger charge is -2.11. The van der Waals surface area contributed by atoms with Crippen LogP contribution in [0, 0.1) is 5.82 Å². The van der Waals surface area contributed by atoms with Crippen LogP contribution in [0.2, 0.25) is 0 Å². The summed E-state index contributed by atoms with van der Waals surface area (Å²) in [6.45, 7) is 0. The number of aliphatic carboxylic acids is 1. The number of hydrogen-bond donors (Lipinski definition) is 1. The molecule has 0 amide bonds. The Balaban J connectivity index is 1.50. The number of aromatic nitrogens is 4. The Labute approximate surface area is 212 Å². The van der Waals surface area contributed by atoms with Crippen molar-refractivity contribution in [3.8, 4) is 17.0 Å². The number of pyridine rings is 1. The molecular formula is C25H20F4N4O3S. The number of methoxy groups -OCH3 is 1. The van der Waals surface area contributed by atoms with Crippen molar-refractivity contribution in [3.63, 3.8) is 0 Å². The largest absolute Gasteiger partial charge is 0.481 e. The van der Waals surface area contributed by atoms with Crippen molar-refractivity contribution >= 4 is 28.8 Å². The van der Waals surface area contributed by atoms with Crippen LogP contribution in [0.1, 0.15) is 35.7 Å². The molecule has 7 nitrogen and oxygen atoms in total. The van der Waals surface area contributed by atoms with E-state index < -0.39 is 30.1 Å². The molecule has 0 aliphatic heterocycles. The predicted molar refractivity (Wildman–Crippen MR) is 128 cm³/mol. The van der Waals surface area contributed by atoms with Gasteiger partial charge in [-0.1, -0.05) is 23.9 Å². The molecule has 0 bridgehead atoms. The van der Waals surface area contributed by atoms with Gasteiger partial charge in [0, 0.05) is 29.1 Å². The Morgan fingerprint density at radius 2 is 1.97 bits per heavy atom. The van der Waals surface area contributed by atoms with E-state index in [1.54, 1.807) is 12.3 Å². The standard InChI is InChI=1S/C25H20F4N4O3S/c1-36-23-16(5-7-20(31-23)25(27,28)29)17-11-33(15-3-4-15)19-10-30-24(32-22(17)19)37-12-13-2-6-18(26)14(8-13)9-21(34)35/h2,5-8,10-11,15H,3-4,9,12H2,1H3,(H,34,35). The lowest BCUT2D eigenvalue weighted by atomic mass is 10.1. The van der Waals surface area contributed by atoms with Crippen LogP contribution in [0.5, 0.6) is 5.88 Å². The van der Waals surface area contributed by atoms with E-state index >= 15 is 0 Å². The van der Waals surface area contributed by atoms with Crippen molar-refractivity contribution in [3.05, 3.63) is 65.4 Å². The van der Waals surface area contributed by atoms with Gasteiger partial charge in [-0.2, -0.15) is 13.2 Å². The molecule has 1 aliphatic rings. The molecule has 1 saturated carbocycles. The number of carbonyl (C=O) groups is 1. The smallest absolute Gasteiger partial charge is 0.433 e. The van der Waals surface area contributed by atoms with Gasteiger partial charge >= 0.3 is 12.1 Å². The van der Waals surface area contributed by atoms with Gasteiger partial charge in [-0.3, -0.25) is 4.79 Å². The van der Waals surface area contributed by atoms with E-state index in [0.717, 1.165) is 24.4 Å². The molecule has 1 fully saturated rings. The summed E-state index contributed by atoms with van der Waals surface area (Å²) in [6, 6.07) is 6.81. The van der Waals surface area contributed by atoms with Crippen LogP contribution in [0.3, 0.4) is 0 Å². The number of halogens is 4. The van der Waals surface area contributed by atoms with Crippen molar-refractivity contribution in [2.24, 2.45) is 0 Å². The maximum absolute atomic E-state index is 13.9. The van der Waals surface area contributed by atoms with Crippen LogP contribution >= 0.6 is 11.8 Å². The highest BCUT2D eigenvalue weighted by atomic mass is 32.2. The third kappa shape index (κ3) is 5.24. The lowest BCUT2D eigenvalue weighted by Crippen LogP contribution is -2.09. The first-order valence-corrected chi connectivity index (χ1v) is 12.2. The predicted octanol–water partition coefficient (Wildman–Crippen LogP) is 5.91. The minimum Gasteiger partial charge on any atom is -0.481 e. The van der Waals surface area contributed by atoms with Gasteiger partial charge in [-0.15, -0.1) is 0 Å². The van der Waals surface area contributed by atoms with Gasteiger partial charge in [-0.05, 0) is 42.2 Å². The van der Waals surface area contributed by atoms with Crippen molar-refractivity contribution in [1.82, 2.24) is 19.5 Å². The van der Waals surface area contributed by atoms with E-state index in [-0.39, 0.29) is 17.5 Å². The lowest BCUT2D eigenvalue weighted by molar-refractivity contribution is -0.141. The third-order valence-corrected chi connectivity index (χ3v) is 6.88. The van der Waals surface area contributed by atoms with Crippen LogP contribution < -0.4 is 4.74 Å². The van der Waals surface area contributed by atoms with Crippen molar-refractivity contribution < 1.29 is 32.2 Å². The van der Waals surface area contributed by atoms with E-state index in [1.807, 2.05) is 10.8 Å². The van der Waals surface area contributed by atoms with Crippen LogP contribution in [0.15, 0.2) is 47.9 Å². The third-order valence-electron chi connectivity index (χ3n) is 5.94. The van der Waals surface area contributed by atoms with Gasteiger partial charge < -0.3 is 14.4 Å². The van der Waals surface area contributed by atoms with E-state index in [1.165, 1.54) is 37.1 Å². The van der Waals surface area contributed by atoms with Gasteiger partial charge in [0.25, 0.3) is 0 Å². The molecule has 1 N–H and O–H groups in total. The maximum Gasteiger partial charge on any atom is 0.433 e. The van der Waals surface area contributed by atoms with Gasteiger partial charge in [0.2, 0.25) is 5.88 Å². The molecule has 1 aliphatic carbocycles. The summed E-state index contributed by atoms with van der Waals surface area (Å²) in [5.41, 5.74) is 2.00. The highest BCUT2D eigenvalue weighted by Gasteiger charge is 2.34. The maximum atomic E-state index is 13.9. The molecular weight excluding hydrogens is 512 g/mol. The van der Waals surface area contributed by atoms with Crippen molar-refractivity contribution in [1.29, 1.82) is 0 Å². The van der Waals surface area contributed by atoms with Gasteiger partial charge in [0.15, 0.2) is 5.16 Å². The molecule has 3 aromatic heterocycles. The first kappa shape index (κ1) is 25.0. The van der Waals surface area contributed by atoms with Crippen molar-refractivity contribution in [2.45, 2.75) is 42.4 Å². The van der Waals surface area contributed by atoms with Gasteiger partial charge in [-0.25, -0.2) is 19.3 Å². The number of hydrogen-bond acceptors (Lipinski definition) is 6. The van der Waals surface area contributed by atoms with Gasteiger partial charge in [0.1, 0.15) is 17.0 Å². The summed E-state index contributed by atoms with van der Waals surface area (Å²) < 4.78 is 60.8. The van der Waals surface area contributed by atoms with Crippen LogP contribution in [0.25, 0.3) is 22.2 Å². The Kier molecular flexibility index (Phi) is 6.52. The minimum absolute atomic E-state index is 0.0904. The Morgan fingerprint density at radius 1 is 1.19 bits per heavy atom. The topological polar surface area (TPSA) is 90.1 Å². The summed E-state index contributed by atoms with van der Waals surface area (Å²) >= 11 is 1.28. The van der Waals surface area contributed by atoms with Crippen LogP contribution in [-0.4, -0.2) is 37.7 Å². The Hall–Kier alpha value is -3.67. The zero-order valence-corrected chi connectivity index (χ0v) is 20.2. The van der Waals surface area contributed by atoms with E-state index in [4.69, 9.17) is 9.84 Å². The molecule has 3 heterocycles. The fourth-order valence-corrected chi connectivity index (χ4v) is 4.82. The molecule has 0 radical (unpaired) electrons. The van der Waals surface area contributed by atoms with Crippen LogP contribution in [0.4, 0.5) is 17.6 Å². The average Bonchev–Trinajstić information content (AvgIpc) is 3.63. The number of ether oxygens (including phenoxy) is 1. The molecule has 0 saturated heterocycles. The molecule has 0 atom stereocenters. The number of alkyl halides is 3. The summed E-state index contributed by atoms with van der Waals surface area (Å²) in [7, 11) is 1.27. The summed E-state index contributed by atoms with van der Waals surface area (Å²) in [5, 5.41) is 9.39. The normalized spacial score (nSPS) is 13.8. The molecule has 37 heavy (non-hydrogen) atoms. The number of fused-ring (bicyclic) bond motifs is 1. The quantitative estimate of drug-likeness (QED) is 0.171. The average molecular weight is 533 g/mol. The molecule has 192 valence electrons. The number of thioether (sulfide) groups is 1. The Morgan fingerprint density at radius 3 is 2.65 bits per heavy atom. The Bertz CT molecular complexity index is 1500. The number of nitrogens with zero attached hydrogens (tertiary/aromatic N) is 4. The molecule has 0 spiro atoms. The van der Waals surface area contributed by atoms with E-state index in [0.29, 0.717) is 33.1 Å².